The van der Waals surface area contributed by atoms with E-state index in [9.17, 15) is 4.79 Å². The number of benzene rings is 1. The Morgan fingerprint density at radius 2 is 2.24 bits per heavy atom. The van der Waals surface area contributed by atoms with Gasteiger partial charge in [0.2, 0.25) is 5.91 Å². The van der Waals surface area contributed by atoms with Gasteiger partial charge in [-0.05, 0) is 43.0 Å². The number of carbonyl (C=O) groups excluding carboxylic acids is 1. The fraction of sp³-hybridized carbons (Fsp3) is 0.417. The Labute approximate surface area is 115 Å². The van der Waals surface area contributed by atoms with E-state index in [1.165, 1.54) is 0 Å². The molecule has 3 nitrogen and oxygen atoms in total. The zero-order valence-corrected chi connectivity index (χ0v) is 12.5. The molecule has 0 radical (unpaired) electrons. The smallest absolute Gasteiger partial charge is 0.224 e. The van der Waals surface area contributed by atoms with Gasteiger partial charge in [0.1, 0.15) is 0 Å². The number of anilines is 2. The number of nitrogens with two attached hydrogens (primary N) is 1. The number of aryl methyl sites for hydroxylation is 1. The number of hydrogen-bond donors (Lipinski definition) is 2. The van der Waals surface area contributed by atoms with Crippen LogP contribution in [0.25, 0.3) is 0 Å². The summed E-state index contributed by atoms with van der Waals surface area (Å²) in [6, 6.07) is 3.76. The molecule has 0 bridgehead atoms. The van der Waals surface area contributed by atoms with Crippen LogP contribution in [0, 0.1) is 6.92 Å². The van der Waals surface area contributed by atoms with Gasteiger partial charge in [-0.15, -0.1) is 0 Å². The molecule has 0 heterocycles. The fourth-order valence-corrected chi connectivity index (χ4v) is 2.45. The number of nitrogen functional groups attached to an aromatic ring is 1. The SMILES string of the molecule is CSCCCC(=O)Nc1cc(Br)cc(C)c1N. The molecule has 1 amide bonds. The molecule has 94 valence electrons. The van der Waals surface area contributed by atoms with E-state index in [-0.39, 0.29) is 5.91 Å². The Balaban J connectivity index is 2.65. The van der Waals surface area contributed by atoms with Crippen molar-refractivity contribution in [3.8, 4) is 0 Å². The lowest BCUT2D eigenvalue weighted by atomic mass is 10.1. The van der Waals surface area contributed by atoms with E-state index >= 15 is 0 Å². The zero-order valence-electron chi connectivity index (χ0n) is 10.0. The van der Waals surface area contributed by atoms with Gasteiger partial charge >= 0.3 is 0 Å². The maximum absolute atomic E-state index is 11.7. The number of nitrogens with one attached hydrogen (secondary N) is 1. The van der Waals surface area contributed by atoms with E-state index in [2.05, 4.69) is 21.2 Å². The zero-order chi connectivity index (χ0) is 12.8. The topological polar surface area (TPSA) is 55.1 Å². The van der Waals surface area contributed by atoms with Crippen LogP contribution in [0.5, 0.6) is 0 Å². The summed E-state index contributed by atoms with van der Waals surface area (Å²) < 4.78 is 0.920. The van der Waals surface area contributed by atoms with Crippen LogP contribution in [-0.2, 0) is 4.79 Å². The van der Waals surface area contributed by atoms with Crippen LogP contribution in [0.3, 0.4) is 0 Å². The molecule has 0 aliphatic heterocycles. The minimum absolute atomic E-state index is 0.0169. The number of halogens is 1. The molecular weight excluding hydrogens is 300 g/mol. The van der Waals surface area contributed by atoms with Crippen LogP contribution < -0.4 is 11.1 Å². The third kappa shape index (κ3) is 4.60. The van der Waals surface area contributed by atoms with E-state index in [1.807, 2.05) is 25.3 Å². The molecular formula is C12H17BrN2OS. The van der Waals surface area contributed by atoms with Crippen molar-refractivity contribution in [3.63, 3.8) is 0 Å². The highest BCUT2D eigenvalue weighted by atomic mass is 79.9. The molecule has 0 saturated heterocycles. The second kappa shape index (κ2) is 6.91. The Hall–Kier alpha value is -0.680. The van der Waals surface area contributed by atoms with Gasteiger partial charge in [-0.25, -0.2) is 0 Å². The number of thioether (sulfide) groups is 1. The Bertz CT molecular complexity index is 410. The maximum Gasteiger partial charge on any atom is 0.224 e. The monoisotopic (exact) mass is 316 g/mol. The van der Waals surface area contributed by atoms with Crippen LogP contribution in [-0.4, -0.2) is 17.9 Å². The Kier molecular flexibility index (Phi) is 5.85. The van der Waals surface area contributed by atoms with Gasteiger partial charge in [-0.2, -0.15) is 11.8 Å². The van der Waals surface area contributed by atoms with Crippen molar-refractivity contribution >= 4 is 45.0 Å². The molecule has 5 heteroatoms. The van der Waals surface area contributed by atoms with Crippen LogP contribution in [0.4, 0.5) is 11.4 Å². The molecule has 0 aliphatic carbocycles. The van der Waals surface area contributed by atoms with Gasteiger partial charge in [0.15, 0.2) is 0 Å². The molecule has 0 unspecified atom stereocenters. The maximum atomic E-state index is 11.7. The third-order valence-electron chi connectivity index (χ3n) is 2.38. The average Bonchev–Trinajstić information content (AvgIpc) is 2.25. The van der Waals surface area contributed by atoms with Gasteiger partial charge in [-0.3, -0.25) is 4.79 Å². The Morgan fingerprint density at radius 3 is 2.88 bits per heavy atom. The first kappa shape index (κ1) is 14.4. The largest absolute Gasteiger partial charge is 0.397 e. The van der Waals surface area contributed by atoms with Gasteiger partial charge in [0.25, 0.3) is 0 Å². The molecule has 1 aromatic rings. The molecule has 0 saturated carbocycles. The first-order valence-electron chi connectivity index (χ1n) is 5.39. The lowest BCUT2D eigenvalue weighted by molar-refractivity contribution is -0.116. The van der Waals surface area contributed by atoms with E-state index in [0.717, 1.165) is 22.2 Å². The van der Waals surface area contributed by atoms with Gasteiger partial charge in [0.05, 0.1) is 11.4 Å². The summed E-state index contributed by atoms with van der Waals surface area (Å²) in [4.78, 5) is 11.7. The van der Waals surface area contributed by atoms with E-state index in [1.54, 1.807) is 11.8 Å². The molecule has 0 spiro atoms. The second-order valence-corrected chi connectivity index (χ2v) is 5.73. The lowest BCUT2D eigenvalue weighted by Crippen LogP contribution is -2.13. The van der Waals surface area contributed by atoms with Crippen LogP contribution >= 0.6 is 27.7 Å². The summed E-state index contributed by atoms with van der Waals surface area (Å²) >= 11 is 5.14. The molecule has 3 N–H and O–H groups in total. The minimum atomic E-state index is 0.0169. The second-order valence-electron chi connectivity index (χ2n) is 3.83. The highest BCUT2D eigenvalue weighted by Gasteiger charge is 2.07. The first-order chi connectivity index (χ1) is 8.04. The summed E-state index contributed by atoms with van der Waals surface area (Å²) in [6.45, 7) is 1.92. The van der Waals surface area contributed by atoms with Crippen molar-refractivity contribution in [1.82, 2.24) is 0 Å². The van der Waals surface area contributed by atoms with Gasteiger partial charge in [-0.1, -0.05) is 15.9 Å². The lowest BCUT2D eigenvalue weighted by Gasteiger charge is -2.11. The van der Waals surface area contributed by atoms with Crippen molar-refractivity contribution < 1.29 is 4.79 Å². The summed E-state index contributed by atoms with van der Waals surface area (Å²) in [5.41, 5.74) is 8.19. The van der Waals surface area contributed by atoms with Crippen molar-refractivity contribution in [2.75, 3.05) is 23.1 Å². The van der Waals surface area contributed by atoms with Crippen molar-refractivity contribution in [2.24, 2.45) is 0 Å². The van der Waals surface area contributed by atoms with Crippen molar-refractivity contribution in [3.05, 3.63) is 22.2 Å². The molecule has 0 fully saturated rings. The third-order valence-corrected chi connectivity index (χ3v) is 3.53. The number of carbonyl (C=O) groups is 1. The number of amides is 1. The van der Waals surface area contributed by atoms with Crippen molar-refractivity contribution in [1.29, 1.82) is 0 Å². The predicted octanol–water partition coefficient (Wildman–Crippen LogP) is 3.42. The van der Waals surface area contributed by atoms with Crippen molar-refractivity contribution in [2.45, 2.75) is 19.8 Å². The molecule has 0 aromatic heterocycles. The number of rotatable bonds is 5. The molecule has 1 rings (SSSR count). The predicted molar refractivity (Wildman–Crippen MR) is 79.5 cm³/mol. The van der Waals surface area contributed by atoms with E-state index < -0.39 is 0 Å². The number of hydrogen-bond acceptors (Lipinski definition) is 3. The molecule has 0 atom stereocenters. The molecule has 1 aromatic carbocycles. The average molecular weight is 317 g/mol. The van der Waals surface area contributed by atoms with E-state index in [4.69, 9.17) is 5.73 Å². The molecule has 17 heavy (non-hydrogen) atoms. The van der Waals surface area contributed by atoms with E-state index in [0.29, 0.717) is 17.8 Å². The normalized spacial score (nSPS) is 10.3. The summed E-state index contributed by atoms with van der Waals surface area (Å²) in [5.74, 6) is 1.02. The highest BCUT2D eigenvalue weighted by Crippen LogP contribution is 2.27. The van der Waals surface area contributed by atoms with Gasteiger partial charge in [0, 0.05) is 10.9 Å². The standard InChI is InChI=1S/C12H17BrN2OS/c1-8-6-9(13)7-10(12(8)14)15-11(16)4-3-5-17-2/h6-7H,3-5,14H2,1-2H3,(H,15,16). The molecule has 0 aliphatic rings. The fourth-order valence-electron chi connectivity index (χ4n) is 1.45. The first-order valence-corrected chi connectivity index (χ1v) is 7.57. The summed E-state index contributed by atoms with van der Waals surface area (Å²) in [7, 11) is 0. The van der Waals surface area contributed by atoms with Crippen LogP contribution in [0.15, 0.2) is 16.6 Å². The minimum Gasteiger partial charge on any atom is -0.397 e. The summed E-state index contributed by atoms with van der Waals surface area (Å²) in [5, 5.41) is 2.85. The quantitative estimate of drug-likeness (QED) is 0.646. The van der Waals surface area contributed by atoms with Crippen LogP contribution in [0.1, 0.15) is 18.4 Å². The Morgan fingerprint density at radius 1 is 1.53 bits per heavy atom. The summed E-state index contributed by atoms with van der Waals surface area (Å²) in [6.07, 6.45) is 3.46. The van der Waals surface area contributed by atoms with Crippen LogP contribution in [0.2, 0.25) is 0 Å². The highest BCUT2D eigenvalue weighted by molar-refractivity contribution is 9.10. The van der Waals surface area contributed by atoms with Gasteiger partial charge < -0.3 is 11.1 Å².